The summed E-state index contributed by atoms with van der Waals surface area (Å²) in [5.41, 5.74) is 2.89. The average molecular weight is 400 g/mol. The van der Waals surface area contributed by atoms with E-state index < -0.39 is 5.97 Å². The number of carbonyl (C=O) groups excluding carboxylic acids is 3. The lowest BCUT2D eigenvalue weighted by Gasteiger charge is -2.37. The highest BCUT2D eigenvalue weighted by molar-refractivity contribution is 5.95. The summed E-state index contributed by atoms with van der Waals surface area (Å²) in [5, 5.41) is 5.50. The number of amides is 2. The van der Waals surface area contributed by atoms with Gasteiger partial charge in [-0.2, -0.15) is 0 Å². The number of nitrogens with one attached hydrogen (secondary N) is 2. The van der Waals surface area contributed by atoms with Crippen LogP contribution in [0.3, 0.4) is 0 Å². The van der Waals surface area contributed by atoms with Gasteiger partial charge in [0, 0.05) is 49.7 Å². The normalized spacial score (nSPS) is 20.2. The number of nitrogens with zero attached hydrogens (tertiary/aromatic N) is 2. The molecule has 1 unspecified atom stereocenters. The number of ketones is 1. The lowest BCUT2D eigenvalue weighted by molar-refractivity contribution is -0.139. The fraction of sp³-hybridized carbons (Fsp3) is 0.476. The highest BCUT2D eigenvalue weighted by Gasteiger charge is 2.31. The van der Waals surface area contributed by atoms with Gasteiger partial charge < -0.3 is 20.3 Å². The van der Waals surface area contributed by atoms with Crippen LogP contribution in [0.4, 0.5) is 10.5 Å². The maximum absolute atomic E-state index is 12.4. The number of urea groups is 1. The molecule has 3 rings (SSSR count). The van der Waals surface area contributed by atoms with E-state index in [1.54, 1.807) is 20.8 Å². The molecule has 1 aromatic rings. The molecule has 1 atom stereocenters. The van der Waals surface area contributed by atoms with Gasteiger partial charge in [0.05, 0.1) is 18.2 Å². The Balaban J connectivity index is 1.65. The zero-order chi connectivity index (χ0) is 21.0. The van der Waals surface area contributed by atoms with E-state index in [9.17, 15) is 14.4 Å². The van der Waals surface area contributed by atoms with E-state index in [0.717, 1.165) is 31.9 Å². The lowest BCUT2D eigenvalue weighted by atomic mass is 10.0. The molecule has 8 nitrogen and oxygen atoms in total. The van der Waals surface area contributed by atoms with Crippen molar-refractivity contribution in [2.45, 2.75) is 26.8 Å². The molecule has 2 aliphatic heterocycles. The lowest BCUT2D eigenvalue weighted by Crippen LogP contribution is -2.53. The van der Waals surface area contributed by atoms with E-state index in [1.807, 2.05) is 24.3 Å². The van der Waals surface area contributed by atoms with Crippen molar-refractivity contribution >= 4 is 23.5 Å². The van der Waals surface area contributed by atoms with Gasteiger partial charge in [-0.1, -0.05) is 0 Å². The van der Waals surface area contributed by atoms with Crippen molar-refractivity contribution in [2.24, 2.45) is 0 Å². The summed E-state index contributed by atoms with van der Waals surface area (Å²) in [4.78, 5) is 40.2. The van der Waals surface area contributed by atoms with Crippen LogP contribution in [-0.2, 0) is 9.53 Å². The molecule has 0 aromatic heterocycles. The fourth-order valence-corrected chi connectivity index (χ4v) is 3.70. The number of hydrogen-bond donors (Lipinski definition) is 2. The first-order valence-corrected chi connectivity index (χ1v) is 9.95. The number of ether oxygens (including phenoxy) is 1. The van der Waals surface area contributed by atoms with Crippen molar-refractivity contribution in [3.05, 3.63) is 41.1 Å². The predicted octanol–water partition coefficient (Wildman–Crippen LogP) is 1.53. The minimum atomic E-state index is -0.397. The third kappa shape index (κ3) is 4.95. The molecule has 1 aromatic carbocycles. The Morgan fingerprint density at radius 1 is 1.14 bits per heavy atom. The van der Waals surface area contributed by atoms with Gasteiger partial charge in [0.15, 0.2) is 5.78 Å². The van der Waals surface area contributed by atoms with E-state index in [4.69, 9.17) is 4.74 Å². The van der Waals surface area contributed by atoms with Crippen LogP contribution in [0.2, 0.25) is 0 Å². The van der Waals surface area contributed by atoms with E-state index in [0.29, 0.717) is 23.4 Å². The van der Waals surface area contributed by atoms with Crippen LogP contribution in [-0.4, -0.2) is 68.1 Å². The van der Waals surface area contributed by atoms with Crippen LogP contribution >= 0.6 is 0 Å². The van der Waals surface area contributed by atoms with Crippen molar-refractivity contribution in [3.8, 4) is 0 Å². The number of rotatable bonds is 6. The number of anilines is 1. The second-order valence-electron chi connectivity index (χ2n) is 7.30. The van der Waals surface area contributed by atoms with Crippen molar-refractivity contribution in [3.63, 3.8) is 0 Å². The van der Waals surface area contributed by atoms with Gasteiger partial charge in [0.25, 0.3) is 0 Å². The zero-order valence-corrected chi connectivity index (χ0v) is 17.2. The van der Waals surface area contributed by atoms with Crippen LogP contribution in [0.1, 0.15) is 31.1 Å². The standard InChI is InChI=1S/C21H28N4O4/c1-4-29-20(27)19-14(2)22-21(28)23-18(19)13-24-9-11-25(12-10-24)17-7-5-16(6-8-17)15(3)26/h5-8,14H,4,9-13H2,1-3H3,(H2,22,23,28). The molecule has 0 radical (unpaired) electrons. The Bertz CT molecular complexity index is 810. The third-order valence-corrected chi connectivity index (χ3v) is 5.26. The van der Waals surface area contributed by atoms with Gasteiger partial charge in [0.1, 0.15) is 0 Å². The molecule has 0 bridgehead atoms. The Kier molecular flexibility index (Phi) is 6.53. The van der Waals surface area contributed by atoms with Crippen molar-refractivity contribution in [2.75, 3.05) is 44.2 Å². The first kappa shape index (κ1) is 20.9. The van der Waals surface area contributed by atoms with Crippen LogP contribution in [0, 0.1) is 0 Å². The van der Waals surface area contributed by atoms with E-state index in [2.05, 4.69) is 20.4 Å². The quantitative estimate of drug-likeness (QED) is 0.556. The number of piperazine rings is 1. The summed E-state index contributed by atoms with van der Waals surface area (Å²) in [7, 11) is 0. The predicted molar refractivity (Wildman–Crippen MR) is 110 cm³/mol. The second-order valence-corrected chi connectivity index (χ2v) is 7.30. The van der Waals surface area contributed by atoms with Gasteiger partial charge in [-0.15, -0.1) is 0 Å². The molecule has 29 heavy (non-hydrogen) atoms. The van der Waals surface area contributed by atoms with Crippen molar-refractivity contribution < 1.29 is 19.1 Å². The van der Waals surface area contributed by atoms with Gasteiger partial charge in [-0.25, -0.2) is 9.59 Å². The zero-order valence-electron chi connectivity index (χ0n) is 17.2. The number of hydrogen-bond acceptors (Lipinski definition) is 6. The fourth-order valence-electron chi connectivity index (χ4n) is 3.70. The molecule has 2 heterocycles. The Morgan fingerprint density at radius 2 is 1.79 bits per heavy atom. The van der Waals surface area contributed by atoms with E-state index in [-0.39, 0.29) is 24.5 Å². The summed E-state index contributed by atoms with van der Waals surface area (Å²) < 4.78 is 5.17. The maximum Gasteiger partial charge on any atom is 0.337 e. The summed E-state index contributed by atoms with van der Waals surface area (Å²) in [6.07, 6.45) is 0. The van der Waals surface area contributed by atoms with Gasteiger partial charge in [0.2, 0.25) is 0 Å². The molecule has 0 saturated carbocycles. The molecule has 2 aliphatic rings. The minimum Gasteiger partial charge on any atom is -0.463 e. The van der Waals surface area contributed by atoms with Gasteiger partial charge in [-0.3, -0.25) is 9.69 Å². The SMILES string of the molecule is CCOC(=O)C1=C(CN2CCN(c3ccc(C(C)=O)cc3)CC2)NC(=O)NC1C. The molecule has 2 amide bonds. The molecule has 2 N–H and O–H groups in total. The highest BCUT2D eigenvalue weighted by atomic mass is 16.5. The Hall–Kier alpha value is -2.87. The van der Waals surface area contributed by atoms with Crippen LogP contribution in [0.5, 0.6) is 0 Å². The third-order valence-electron chi connectivity index (χ3n) is 5.26. The Labute approximate surface area is 170 Å². The average Bonchev–Trinajstić information content (AvgIpc) is 2.68. The monoisotopic (exact) mass is 400 g/mol. The van der Waals surface area contributed by atoms with Crippen molar-refractivity contribution in [1.29, 1.82) is 0 Å². The van der Waals surface area contributed by atoms with Crippen LogP contribution in [0.25, 0.3) is 0 Å². The first-order chi connectivity index (χ1) is 13.9. The van der Waals surface area contributed by atoms with Crippen molar-refractivity contribution in [1.82, 2.24) is 15.5 Å². The number of benzene rings is 1. The van der Waals surface area contributed by atoms with E-state index >= 15 is 0 Å². The molecular formula is C21H28N4O4. The molecule has 156 valence electrons. The largest absolute Gasteiger partial charge is 0.463 e. The topological polar surface area (TPSA) is 91.0 Å². The molecule has 0 aliphatic carbocycles. The summed E-state index contributed by atoms with van der Waals surface area (Å²) in [6, 6.07) is 6.97. The molecule has 0 spiro atoms. The van der Waals surface area contributed by atoms with Crippen LogP contribution in [0.15, 0.2) is 35.5 Å². The summed E-state index contributed by atoms with van der Waals surface area (Å²) in [5.74, 6) is -0.336. The first-order valence-electron chi connectivity index (χ1n) is 9.95. The summed E-state index contributed by atoms with van der Waals surface area (Å²) >= 11 is 0. The van der Waals surface area contributed by atoms with Gasteiger partial charge >= 0.3 is 12.0 Å². The molecular weight excluding hydrogens is 372 g/mol. The van der Waals surface area contributed by atoms with E-state index in [1.165, 1.54) is 0 Å². The highest BCUT2D eigenvalue weighted by Crippen LogP contribution is 2.20. The molecule has 8 heteroatoms. The van der Waals surface area contributed by atoms with Gasteiger partial charge in [-0.05, 0) is 45.0 Å². The Morgan fingerprint density at radius 3 is 2.38 bits per heavy atom. The number of carbonyl (C=O) groups is 3. The van der Waals surface area contributed by atoms with Crippen LogP contribution < -0.4 is 15.5 Å². The summed E-state index contributed by atoms with van der Waals surface area (Å²) in [6.45, 7) is 9.13. The molecule has 1 saturated heterocycles. The second kappa shape index (κ2) is 9.09. The molecule has 1 fully saturated rings. The number of Topliss-reactive ketones (excluding diaryl/α,β-unsaturated/α-hetero) is 1. The minimum absolute atomic E-state index is 0.0605. The maximum atomic E-state index is 12.4. The number of esters is 1. The smallest absolute Gasteiger partial charge is 0.337 e.